The molecule has 0 atom stereocenters. The van der Waals surface area contributed by atoms with Crippen LogP contribution in [0.2, 0.25) is 0 Å². The van der Waals surface area contributed by atoms with E-state index in [1.165, 1.54) is 193 Å². The van der Waals surface area contributed by atoms with Crippen LogP contribution >= 0.6 is 0 Å². The van der Waals surface area contributed by atoms with Crippen molar-refractivity contribution in [3.63, 3.8) is 0 Å². The number of hydrogen-bond acceptors (Lipinski definition) is 3. The Morgan fingerprint density at radius 3 is 0.643 bits per heavy atom. The van der Waals surface area contributed by atoms with Crippen LogP contribution < -0.4 is 20.0 Å². The molecule has 0 heterocycles. The van der Waals surface area contributed by atoms with Crippen molar-refractivity contribution in [3.8, 4) is 0 Å². The van der Waals surface area contributed by atoms with Crippen molar-refractivity contribution in [3.05, 3.63) is 0 Å². The molecule has 2 N–H and O–H groups in total. The standard InChI is InChI=1S/2C18H39N.CH2O3/c2*1-4-5-6-7-8-9-10-11-12-13-14-15-16-17-18-19(2)3;2-1(3)4/h2*4-18H2,1-3H3;(H2,2,3,4). The summed E-state index contributed by atoms with van der Waals surface area (Å²) < 4.78 is 0. The predicted molar refractivity (Wildman–Crippen MR) is 181 cm³/mol. The van der Waals surface area contributed by atoms with Crippen molar-refractivity contribution in [2.45, 2.75) is 194 Å². The molecule has 0 aliphatic rings. The van der Waals surface area contributed by atoms with E-state index in [9.17, 15) is 0 Å². The smallest absolute Gasteiger partial charge is 0.0766 e. The van der Waals surface area contributed by atoms with E-state index in [0.717, 1.165) is 0 Å². The minimum Gasteiger partial charge on any atom is -0.652 e. The zero-order valence-corrected chi connectivity index (χ0v) is 29.9. The quantitative estimate of drug-likeness (QED) is 0.0893. The van der Waals surface area contributed by atoms with Gasteiger partial charge in [-0.15, -0.1) is 0 Å². The molecule has 5 nitrogen and oxygen atoms in total. The summed E-state index contributed by atoms with van der Waals surface area (Å²) >= 11 is 0. The van der Waals surface area contributed by atoms with E-state index in [1.54, 1.807) is 9.80 Å². The van der Waals surface area contributed by atoms with Gasteiger partial charge in [0.1, 0.15) is 0 Å². The molecule has 0 aliphatic heterocycles. The molecule has 0 aromatic heterocycles. The van der Waals surface area contributed by atoms with Gasteiger partial charge in [-0.2, -0.15) is 0 Å². The maximum Gasteiger partial charge on any atom is 0.0766 e. The van der Waals surface area contributed by atoms with Gasteiger partial charge in [0.2, 0.25) is 0 Å². The van der Waals surface area contributed by atoms with Gasteiger partial charge in [-0.3, -0.25) is 0 Å². The number of carboxylic acid groups (broad SMARTS) is 2. The molecule has 0 saturated carbocycles. The van der Waals surface area contributed by atoms with E-state index in [4.69, 9.17) is 15.0 Å². The predicted octanol–water partition coefficient (Wildman–Crippen LogP) is 6.78. The number of hydrogen-bond donors (Lipinski definition) is 2. The third kappa shape index (κ3) is 58.8. The van der Waals surface area contributed by atoms with E-state index in [2.05, 4.69) is 42.0 Å². The van der Waals surface area contributed by atoms with Crippen molar-refractivity contribution < 1.29 is 24.8 Å². The van der Waals surface area contributed by atoms with Gasteiger partial charge in [0.05, 0.1) is 41.3 Å². The molecule has 0 aromatic rings. The first-order valence-corrected chi connectivity index (χ1v) is 18.7. The Balaban J connectivity index is -0.000000641. The van der Waals surface area contributed by atoms with Crippen molar-refractivity contribution >= 4 is 6.16 Å². The molecule has 0 fully saturated rings. The topological polar surface area (TPSA) is 72.1 Å². The first-order chi connectivity index (χ1) is 20.3. The van der Waals surface area contributed by atoms with Gasteiger partial charge < -0.3 is 24.8 Å². The van der Waals surface area contributed by atoms with Crippen LogP contribution in [0.25, 0.3) is 0 Å². The zero-order chi connectivity index (χ0) is 31.9. The molecule has 0 unspecified atom stereocenters. The summed E-state index contributed by atoms with van der Waals surface area (Å²) in [6, 6.07) is 0. The van der Waals surface area contributed by atoms with Crippen LogP contribution in [0, 0.1) is 0 Å². The van der Waals surface area contributed by atoms with Gasteiger partial charge in [-0.05, 0) is 31.8 Å². The molecule has 0 spiro atoms. The second-order valence-electron chi connectivity index (χ2n) is 13.4. The molecule has 256 valence electrons. The molecule has 0 amide bonds. The third-order valence-corrected chi connectivity index (χ3v) is 8.06. The van der Waals surface area contributed by atoms with Crippen LogP contribution in [0.5, 0.6) is 0 Å². The molecule has 0 rings (SSSR count). The summed E-state index contributed by atoms with van der Waals surface area (Å²) in [5, 5.41) is 16.7. The lowest BCUT2D eigenvalue weighted by atomic mass is 10.0. The van der Waals surface area contributed by atoms with Crippen LogP contribution in [-0.2, 0) is 0 Å². The van der Waals surface area contributed by atoms with Gasteiger partial charge in [-0.1, -0.05) is 168 Å². The Kier molecular flexibility index (Phi) is 46.0. The van der Waals surface area contributed by atoms with E-state index >= 15 is 0 Å². The van der Waals surface area contributed by atoms with Crippen molar-refractivity contribution in [2.24, 2.45) is 0 Å². The maximum absolute atomic E-state index is 8.33. The van der Waals surface area contributed by atoms with Crippen LogP contribution in [0.4, 0.5) is 4.79 Å². The summed E-state index contributed by atoms with van der Waals surface area (Å²) in [5.74, 6) is 0. The lowest BCUT2D eigenvalue weighted by molar-refractivity contribution is -0.858. The average Bonchev–Trinajstić information content (AvgIpc) is 2.93. The molecular formula is C37H80N2O3. The highest BCUT2D eigenvalue weighted by molar-refractivity contribution is 5.47. The molecule has 0 radical (unpaired) electrons. The van der Waals surface area contributed by atoms with Crippen molar-refractivity contribution in [1.29, 1.82) is 0 Å². The SMILES string of the molecule is CCCCCCCCCCCCCCCC[NH+](C)C.CCCCCCCCCCCCCCCC[NH+](C)C.O=C([O-])[O-]. The summed E-state index contributed by atoms with van der Waals surface area (Å²) in [6.45, 7) is 7.28. The lowest BCUT2D eigenvalue weighted by Gasteiger charge is -2.06. The van der Waals surface area contributed by atoms with Crippen LogP contribution in [0.1, 0.15) is 194 Å². The highest BCUT2D eigenvalue weighted by atomic mass is 16.6. The van der Waals surface area contributed by atoms with Gasteiger partial charge in [0, 0.05) is 0 Å². The zero-order valence-electron chi connectivity index (χ0n) is 29.9. The molecule has 0 aromatic carbocycles. The number of nitrogens with one attached hydrogen (secondary N) is 2. The number of carbonyl (C=O) groups is 1. The molecule has 0 saturated heterocycles. The van der Waals surface area contributed by atoms with Gasteiger partial charge in [0.15, 0.2) is 0 Å². The molecular weight excluding hydrogens is 520 g/mol. The normalized spacial score (nSPS) is 10.9. The Morgan fingerprint density at radius 1 is 0.357 bits per heavy atom. The van der Waals surface area contributed by atoms with E-state index in [-0.39, 0.29) is 0 Å². The number of quaternary nitrogens is 2. The van der Waals surface area contributed by atoms with Gasteiger partial charge in [-0.25, -0.2) is 0 Å². The highest BCUT2D eigenvalue weighted by Gasteiger charge is 1.97. The molecule has 5 heteroatoms. The average molecular weight is 601 g/mol. The Labute approximate surface area is 265 Å². The van der Waals surface area contributed by atoms with Crippen molar-refractivity contribution in [2.75, 3.05) is 41.3 Å². The minimum absolute atomic E-state index is 1.35. The van der Waals surface area contributed by atoms with E-state index < -0.39 is 6.16 Å². The Bertz CT molecular complexity index is 432. The molecule has 0 aliphatic carbocycles. The van der Waals surface area contributed by atoms with Crippen LogP contribution in [-0.4, -0.2) is 47.4 Å². The second kappa shape index (κ2) is 42.3. The monoisotopic (exact) mass is 601 g/mol. The van der Waals surface area contributed by atoms with Crippen LogP contribution in [0.3, 0.4) is 0 Å². The van der Waals surface area contributed by atoms with Gasteiger partial charge in [0.25, 0.3) is 0 Å². The Morgan fingerprint density at radius 2 is 0.500 bits per heavy atom. The fourth-order valence-corrected chi connectivity index (χ4v) is 5.35. The van der Waals surface area contributed by atoms with Crippen LogP contribution in [0.15, 0.2) is 0 Å². The summed E-state index contributed by atoms with van der Waals surface area (Å²) in [7, 11) is 9.01. The summed E-state index contributed by atoms with van der Waals surface area (Å²) in [4.78, 5) is 11.5. The largest absolute Gasteiger partial charge is 0.652 e. The first-order valence-electron chi connectivity index (χ1n) is 18.7. The van der Waals surface area contributed by atoms with E-state index in [0.29, 0.717) is 0 Å². The number of unbranched alkanes of at least 4 members (excludes halogenated alkanes) is 26. The second-order valence-corrected chi connectivity index (χ2v) is 13.4. The maximum atomic E-state index is 8.33. The lowest BCUT2D eigenvalue weighted by Crippen LogP contribution is -3.05. The summed E-state index contributed by atoms with van der Waals surface area (Å²) in [5.41, 5.74) is 0. The number of rotatable bonds is 30. The van der Waals surface area contributed by atoms with Crippen molar-refractivity contribution in [1.82, 2.24) is 0 Å². The third-order valence-electron chi connectivity index (χ3n) is 8.06. The molecule has 0 bridgehead atoms. The highest BCUT2D eigenvalue weighted by Crippen LogP contribution is 2.14. The Hall–Kier alpha value is -0.810. The number of carbonyl (C=O) groups excluding carboxylic acids is 1. The van der Waals surface area contributed by atoms with E-state index in [1.807, 2.05) is 0 Å². The minimum atomic E-state index is -2.33. The fourth-order valence-electron chi connectivity index (χ4n) is 5.35. The fraction of sp³-hybridized carbons (Fsp3) is 0.973. The first kappa shape index (κ1) is 45.6. The molecule has 42 heavy (non-hydrogen) atoms. The summed E-state index contributed by atoms with van der Waals surface area (Å²) in [6.07, 6.45) is 38.5. The van der Waals surface area contributed by atoms with Gasteiger partial charge >= 0.3 is 0 Å².